The molecule has 2 aliphatic rings. The second-order valence-electron chi connectivity index (χ2n) is 8.75. The summed E-state index contributed by atoms with van der Waals surface area (Å²) in [7, 11) is 0. The lowest BCUT2D eigenvalue weighted by molar-refractivity contribution is -0.159. The van der Waals surface area contributed by atoms with E-state index in [2.05, 4.69) is 6.08 Å². The van der Waals surface area contributed by atoms with Gasteiger partial charge in [0, 0.05) is 18.0 Å². The maximum Gasteiger partial charge on any atom is 0.254 e. The molecule has 2 heterocycles. The molecule has 0 saturated carbocycles. The number of piperazine rings is 1. The van der Waals surface area contributed by atoms with Crippen LogP contribution in [0.25, 0.3) is 12.2 Å². The predicted molar refractivity (Wildman–Crippen MR) is 128 cm³/mol. The van der Waals surface area contributed by atoms with Crippen molar-refractivity contribution in [2.75, 3.05) is 19.7 Å². The number of halogens is 1. The Hall–Kier alpha value is -3.77. The molecule has 0 bridgehead atoms. The molecule has 0 unspecified atom stereocenters. The van der Waals surface area contributed by atoms with Crippen LogP contribution in [0.15, 0.2) is 78.9 Å². The van der Waals surface area contributed by atoms with Crippen molar-refractivity contribution in [2.24, 2.45) is 0 Å². The maximum absolute atomic E-state index is 13.2. The fraction of sp³-hybridized carbons (Fsp3) is 0.214. The van der Waals surface area contributed by atoms with Crippen molar-refractivity contribution in [3.8, 4) is 0 Å². The number of aliphatic hydroxyl groups excluding tert-OH is 1. The Balaban J connectivity index is 1.33. The third-order valence-corrected chi connectivity index (χ3v) is 6.72. The van der Waals surface area contributed by atoms with Crippen molar-refractivity contribution < 1.29 is 19.1 Å². The average molecular weight is 457 g/mol. The molecule has 1 N–H and O–H groups in total. The Morgan fingerprint density at radius 1 is 0.941 bits per heavy atom. The molecule has 3 aromatic rings. The van der Waals surface area contributed by atoms with E-state index in [1.54, 1.807) is 4.90 Å². The van der Waals surface area contributed by atoms with Crippen LogP contribution in [0.4, 0.5) is 4.39 Å². The largest absolute Gasteiger partial charge is 0.394 e. The number of aliphatic hydroxyl groups is 1. The standard InChI is InChI=1S/C28H25FN2O3/c29-23-14-12-22(13-15-23)28(34)30-16-24-27(25(18-32)31(24)26(33)17-30)21-10-8-20(9-11-21)7-6-19-4-2-1-3-5-19/h1-15,24-25,27,32H,16-18H2/b7-6+/t24-,25+,27+/m1/s1. The Kier molecular flexibility index (Phi) is 5.99. The van der Waals surface area contributed by atoms with Crippen LogP contribution in [0.2, 0.25) is 0 Å². The van der Waals surface area contributed by atoms with Crippen molar-refractivity contribution in [3.05, 3.63) is 107 Å². The van der Waals surface area contributed by atoms with Crippen LogP contribution in [-0.4, -0.2) is 58.5 Å². The Morgan fingerprint density at radius 3 is 2.24 bits per heavy atom. The molecule has 0 aliphatic carbocycles. The summed E-state index contributed by atoms with van der Waals surface area (Å²) < 4.78 is 13.2. The zero-order chi connectivity index (χ0) is 23.7. The van der Waals surface area contributed by atoms with Crippen LogP contribution in [-0.2, 0) is 4.79 Å². The van der Waals surface area contributed by atoms with Gasteiger partial charge in [-0.05, 0) is 41.0 Å². The zero-order valence-corrected chi connectivity index (χ0v) is 18.5. The van der Waals surface area contributed by atoms with Gasteiger partial charge in [-0.1, -0.05) is 66.7 Å². The van der Waals surface area contributed by atoms with Crippen LogP contribution in [0.5, 0.6) is 0 Å². The third kappa shape index (κ3) is 4.13. The molecule has 5 rings (SSSR count). The smallest absolute Gasteiger partial charge is 0.254 e. The summed E-state index contributed by atoms with van der Waals surface area (Å²) in [4.78, 5) is 29.0. The monoisotopic (exact) mass is 456 g/mol. The molecule has 2 fully saturated rings. The molecule has 2 saturated heterocycles. The van der Waals surface area contributed by atoms with E-state index in [4.69, 9.17) is 0 Å². The highest BCUT2D eigenvalue weighted by Crippen LogP contribution is 2.43. The van der Waals surface area contributed by atoms with Gasteiger partial charge in [0.2, 0.25) is 5.91 Å². The number of rotatable bonds is 5. The first-order chi connectivity index (χ1) is 16.5. The fourth-order valence-electron chi connectivity index (χ4n) is 5.02. The summed E-state index contributed by atoms with van der Waals surface area (Å²) in [5, 5.41) is 10.00. The number of hydrogen-bond donors (Lipinski definition) is 1. The molecule has 0 spiro atoms. The highest BCUT2D eigenvalue weighted by atomic mass is 19.1. The minimum Gasteiger partial charge on any atom is -0.394 e. The first-order valence-corrected chi connectivity index (χ1v) is 11.3. The third-order valence-electron chi connectivity index (χ3n) is 6.72. The molecule has 0 aromatic heterocycles. The van der Waals surface area contributed by atoms with Gasteiger partial charge in [0.15, 0.2) is 0 Å². The summed E-state index contributed by atoms with van der Waals surface area (Å²) in [6.07, 6.45) is 4.10. The van der Waals surface area contributed by atoms with Crippen molar-refractivity contribution in [1.82, 2.24) is 9.80 Å². The quantitative estimate of drug-likeness (QED) is 0.594. The second-order valence-corrected chi connectivity index (χ2v) is 8.75. The topological polar surface area (TPSA) is 60.9 Å². The van der Waals surface area contributed by atoms with Gasteiger partial charge < -0.3 is 14.9 Å². The van der Waals surface area contributed by atoms with Gasteiger partial charge in [0.05, 0.1) is 18.7 Å². The molecule has 172 valence electrons. The lowest BCUT2D eigenvalue weighted by Crippen LogP contribution is -2.73. The van der Waals surface area contributed by atoms with Gasteiger partial charge in [0.25, 0.3) is 5.91 Å². The summed E-state index contributed by atoms with van der Waals surface area (Å²) in [5.41, 5.74) is 3.55. The molecule has 3 aromatic carbocycles. The normalized spacial score (nSPS) is 21.9. The van der Waals surface area contributed by atoms with E-state index in [0.29, 0.717) is 12.1 Å². The van der Waals surface area contributed by atoms with Crippen LogP contribution < -0.4 is 0 Å². The molecule has 5 nitrogen and oxygen atoms in total. The first kappa shape index (κ1) is 22.0. The molecule has 2 amide bonds. The first-order valence-electron chi connectivity index (χ1n) is 11.3. The number of fused-ring (bicyclic) bond motifs is 1. The molecule has 3 atom stereocenters. The summed E-state index contributed by atoms with van der Waals surface area (Å²) in [5.74, 6) is -0.945. The van der Waals surface area contributed by atoms with Gasteiger partial charge >= 0.3 is 0 Å². The Bertz CT molecular complexity index is 1210. The SMILES string of the molecule is O=C(c1ccc(F)cc1)N1CC(=O)N2[C@H](C1)[C@H](c1ccc(/C=C/c3ccccc3)cc1)[C@@H]2CO. The fourth-order valence-corrected chi connectivity index (χ4v) is 5.02. The van der Waals surface area contributed by atoms with Crippen molar-refractivity contribution in [1.29, 1.82) is 0 Å². The highest BCUT2D eigenvalue weighted by molar-refractivity contribution is 5.97. The Labute approximate surface area is 197 Å². The predicted octanol–water partition coefficient (Wildman–Crippen LogP) is 3.81. The van der Waals surface area contributed by atoms with E-state index < -0.39 is 5.82 Å². The van der Waals surface area contributed by atoms with E-state index in [1.807, 2.05) is 60.7 Å². The molecule has 6 heteroatoms. The Morgan fingerprint density at radius 2 is 1.59 bits per heavy atom. The number of carbonyl (C=O) groups is 2. The number of benzene rings is 3. The molecular formula is C28H25FN2O3. The van der Waals surface area contributed by atoms with E-state index in [0.717, 1.165) is 16.7 Å². The number of hydrogen-bond acceptors (Lipinski definition) is 3. The number of nitrogens with zero attached hydrogens (tertiary/aromatic N) is 2. The molecular weight excluding hydrogens is 431 g/mol. The lowest BCUT2D eigenvalue weighted by atomic mass is 9.73. The van der Waals surface area contributed by atoms with Crippen LogP contribution in [0.1, 0.15) is 33.0 Å². The second kappa shape index (κ2) is 9.23. The van der Waals surface area contributed by atoms with Crippen LogP contribution in [0.3, 0.4) is 0 Å². The van der Waals surface area contributed by atoms with Crippen LogP contribution >= 0.6 is 0 Å². The van der Waals surface area contributed by atoms with Crippen molar-refractivity contribution in [2.45, 2.75) is 18.0 Å². The minimum absolute atomic E-state index is 0.0425. The van der Waals surface area contributed by atoms with E-state index in [1.165, 1.54) is 29.2 Å². The van der Waals surface area contributed by atoms with E-state index in [-0.39, 0.29) is 43.0 Å². The maximum atomic E-state index is 13.2. The summed E-state index contributed by atoms with van der Waals surface area (Å²) in [6.45, 7) is 0.201. The van der Waals surface area contributed by atoms with Gasteiger partial charge in [-0.15, -0.1) is 0 Å². The minimum atomic E-state index is -0.413. The number of amides is 2. The van der Waals surface area contributed by atoms with Crippen LogP contribution in [0, 0.1) is 5.82 Å². The van der Waals surface area contributed by atoms with Crippen molar-refractivity contribution >= 4 is 24.0 Å². The molecule has 34 heavy (non-hydrogen) atoms. The summed E-state index contributed by atoms with van der Waals surface area (Å²) >= 11 is 0. The lowest BCUT2D eigenvalue weighted by Gasteiger charge is -2.58. The van der Waals surface area contributed by atoms with Gasteiger partial charge in [0.1, 0.15) is 12.4 Å². The number of carbonyl (C=O) groups excluding carboxylic acids is 2. The highest BCUT2D eigenvalue weighted by Gasteiger charge is 2.54. The van der Waals surface area contributed by atoms with Crippen molar-refractivity contribution in [3.63, 3.8) is 0 Å². The van der Waals surface area contributed by atoms with Gasteiger partial charge in [-0.2, -0.15) is 0 Å². The van der Waals surface area contributed by atoms with E-state index in [9.17, 15) is 19.1 Å². The zero-order valence-electron chi connectivity index (χ0n) is 18.5. The average Bonchev–Trinajstić information content (AvgIpc) is 2.85. The molecule has 2 aliphatic heterocycles. The van der Waals surface area contributed by atoms with Gasteiger partial charge in [-0.25, -0.2) is 4.39 Å². The molecule has 0 radical (unpaired) electrons. The summed E-state index contributed by atoms with van der Waals surface area (Å²) in [6, 6.07) is 23.0. The van der Waals surface area contributed by atoms with Gasteiger partial charge in [-0.3, -0.25) is 9.59 Å². The van der Waals surface area contributed by atoms with E-state index >= 15 is 0 Å².